The van der Waals surface area contributed by atoms with Crippen molar-refractivity contribution in [2.24, 2.45) is 17.8 Å². The van der Waals surface area contributed by atoms with Crippen LogP contribution in [0.15, 0.2) is 108 Å². The molecule has 2 unspecified atom stereocenters. The third kappa shape index (κ3) is 7.08. The molecule has 6 atom stereocenters. The zero-order chi connectivity index (χ0) is 45.3. The van der Waals surface area contributed by atoms with Gasteiger partial charge in [-0.3, -0.25) is 19.4 Å². The highest BCUT2D eigenvalue weighted by Crippen LogP contribution is 2.61. The second-order valence-corrected chi connectivity index (χ2v) is 24.8. The van der Waals surface area contributed by atoms with Crippen molar-refractivity contribution in [3.05, 3.63) is 143 Å². The Labute approximate surface area is 378 Å². The van der Waals surface area contributed by atoms with Crippen molar-refractivity contribution < 1.29 is 33.1 Å². The molecular weight excluding hydrogens is 821 g/mol. The van der Waals surface area contributed by atoms with Crippen LogP contribution in [0.4, 0.5) is 5.69 Å². The molecule has 64 heavy (non-hydrogen) atoms. The standard InChI is InChI=1S/C52H62N4O7Si/c1-10-23-56(24-11-2)45-38-27-35-26-36-41(39(60-30-32-18-14-12-15-19-32)28-37-43-34(22-25-54(43)6)29-55(7)44(36)37)46(57)40(35)48(58)52(38,63-64(8,9)51(3,4)5)49(59)42-47(45)62-53-50(42)61-31-33-20-16-13-17-21-33/h10-21,28,34-35,38,43,45,58H,1-2,22-27,29-31H2,3-9H3/t34?,35-,38-,43?,45-,52-/m0/s1. The third-order valence-electron chi connectivity index (χ3n) is 15.1. The van der Waals surface area contributed by atoms with Crippen LogP contribution < -0.4 is 14.4 Å². The first-order valence-corrected chi connectivity index (χ1v) is 25.6. The fraction of sp³-hybridized carbons (Fsp3) is 0.442. The summed E-state index contributed by atoms with van der Waals surface area (Å²) in [7, 11) is 1.36. The number of nitrogens with zero attached hydrogens (tertiary/aromatic N) is 4. The van der Waals surface area contributed by atoms with E-state index in [2.05, 4.69) is 87.0 Å². The number of hydrogen-bond donors (Lipinski definition) is 1. The van der Waals surface area contributed by atoms with Gasteiger partial charge in [0.25, 0.3) is 5.88 Å². The van der Waals surface area contributed by atoms with E-state index in [0.717, 1.165) is 41.9 Å². The van der Waals surface area contributed by atoms with E-state index in [1.54, 1.807) is 0 Å². The number of fused-ring (bicyclic) bond motifs is 8. The molecule has 0 bridgehead atoms. The molecule has 1 aromatic heterocycles. The number of aromatic nitrogens is 1. The number of ketones is 2. The van der Waals surface area contributed by atoms with E-state index in [1.165, 1.54) is 5.56 Å². The molecule has 1 saturated heterocycles. The number of Topliss-reactive ketones (excluding diaryl/α,β-unsaturated/α-hetero) is 2. The maximum Gasteiger partial charge on any atom is 0.265 e. The first-order chi connectivity index (χ1) is 30.6. The van der Waals surface area contributed by atoms with Crippen LogP contribution in [0.5, 0.6) is 11.6 Å². The molecule has 0 spiro atoms. The molecular formula is C52H62N4O7Si. The van der Waals surface area contributed by atoms with Crippen LogP contribution in [0.3, 0.4) is 0 Å². The van der Waals surface area contributed by atoms with Gasteiger partial charge in [-0.05, 0) is 96.3 Å². The zero-order valence-electron chi connectivity index (χ0n) is 38.4. The van der Waals surface area contributed by atoms with Gasteiger partial charge in [-0.1, -0.05) is 93.6 Å². The highest BCUT2D eigenvalue weighted by atomic mass is 28.4. The Balaban J connectivity index is 1.27. The molecule has 3 aliphatic carbocycles. The van der Waals surface area contributed by atoms with Crippen LogP contribution in [0.25, 0.3) is 0 Å². The molecule has 2 aliphatic heterocycles. The summed E-state index contributed by atoms with van der Waals surface area (Å²) in [6.07, 6.45) is 5.53. The van der Waals surface area contributed by atoms with Crippen molar-refractivity contribution in [2.75, 3.05) is 45.2 Å². The van der Waals surface area contributed by atoms with Gasteiger partial charge in [0.1, 0.15) is 30.3 Å². The predicted octanol–water partition coefficient (Wildman–Crippen LogP) is 9.83. The van der Waals surface area contributed by atoms with Gasteiger partial charge in [0.15, 0.2) is 25.5 Å². The first-order valence-electron chi connectivity index (χ1n) is 22.7. The van der Waals surface area contributed by atoms with Gasteiger partial charge >= 0.3 is 0 Å². The van der Waals surface area contributed by atoms with Crippen LogP contribution in [-0.2, 0) is 24.1 Å². The van der Waals surface area contributed by atoms with Crippen LogP contribution in [0, 0.1) is 17.8 Å². The lowest BCUT2D eigenvalue weighted by molar-refractivity contribution is -0.0524. The van der Waals surface area contributed by atoms with E-state index in [9.17, 15) is 5.11 Å². The second kappa shape index (κ2) is 16.6. The quantitative estimate of drug-likeness (QED) is 0.102. The Kier molecular flexibility index (Phi) is 11.4. The summed E-state index contributed by atoms with van der Waals surface area (Å²) in [6.45, 7) is 21.8. The van der Waals surface area contributed by atoms with Gasteiger partial charge in [0.2, 0.25) is 5.78 Å². The van der Waals surface area contributed by atoms with Gasteiger partial charge < -0.3 is 28.4 Å². The highest BCUT2D eigenvalue weighted by molar-refractivity contribution is 6.74. The number of carbonyl (C=O) groups is 2. The number of aliphatic hydroxyl groups excluding tert-OH is 1. The largest absolute Gasteiger partial charge is 0.508 e. The van der Waals surface area contributed by atoms with Gasteiger partial charge in [0, 0.05) is 49.9 Å². The highest BCUT2D eigenvalue weighted by Gasteiger charge is 2.68. The predicted molar refractivity (Wildman–Crippen MR) is 251 cm³/mol. The lowest BCUT2D eigenvalue weighted by atomic mass is 9.58. The molecule has 9 rings (SSSR count). The molecule has 4 aromatic rings. The van der Waals surface area contributed by atoms with Crippen LogP contribution in [-0.4, -0.2) is 85.8 Å². The van der Waals surface area contributed by atoms with E-state index >= 15 is 9.59 Å². The monoisotopic (exact) mass is 882 g/mol. The van der Waals surface area contributed by atoms with Crippen LogP contribution in [0.1, 0.15) is 94.4 Å². The Hall–Kier alpha value is -5.27. The lowest BCUT2D eigenvalue weighted by Gasteiger charge is -2.55. The molecule has 0 radical (unpaired) electrons. The van der Waals surface area contributed by atoms with Crippen molar-refractivity contribution in [3.63, 3.8) is 0 Å². The number of carbonyl (C=O) groups excluding carboxylic acids is 2. The van der Waals surface area contributed by atoms with E-state index in [1.807, 2.05) is 72.8 Å². The Morgan fingerprint density at radius 2 is 1.61 bits per heavy atom. The van der Waals surface area contributed by atoms with Crippen LogP contribution in [0.2, 0.25) is 18.1 Å². The van der Waals surface area contributed by atoms with Gasteiger partial charge in [-0.25, -0.2) is 0 Å². The summed E-state index contributed by atoms with van der Waals surface area (Å²) in [6, 6.07) is 21.2. The Morgan fingerprint density at radius 3 is 2.23 bits per heavy atom. The van der Waals surface area contributed by atoms with E-state index in [-0.39, 0.29) is 52.9 Å². The average Bonchev–Trinajstić information content (AvgIpc) is 3.86. The first kappa shape index (κ1) is 44.0. The fourth-order valence-electron chi connectivity index (χ4n) is 11.2. The molecule has 3 aromatic carbocycles. The van der Waals surface area contributed by atoms with Crippen LogP contribution >= 0.6 is 0 Å². The average molecular weight is 883 g/mol. The zero-order valence-corrected chi connectivity index (χ0v) is 39.4. The summed E-state index contributed by atoms with van der Waals surface area (Å²) in [5.41, 5.74) is 3.80. The summed E-state index contributed by atoms with van der Waals surface area (Å²) >= 11 is 0. The van der Waals surface area contributed by atoms with E-state index in [4.69, 9.17) is 18.4 Å². The van der Waals surface area contributed by atoms with Crippen molar-refractivity contribution >= 4 is 25.6 Å². The smallest absolute Gasteiger partial charge is 0.265 e. The number of hydrogen-bond acceptors (Lipinski definition) is 11. The molecule has 336 valence electrons. The minimum Gasteiger partial charge on any atom is -0.508 e. The molecule has 1 N–H and O–H groups in total. The number of benzene rings is 3. The molecule has 0 saturated carbocycles. The molecule has 0 amide bonds. The minimum atomic E-state index is -2.96. The minimum absolute atomic E-state index is 0.0179. The Bertz CT molecular complexity index is 2500. The number of allylic oxidation sites excluding steroid dienone is 1. The molecule has 12 heteroatoms. The number of rotatable bonds is 13. The van der Waals surface area contributed by atoms with E-state index < -0.39 is 37.6 Å². The topological polar surface area (TPSA) is 118 Å². The van der Waals surface area contributed by atoms with E-state index in [0.29, 0.717) is 48.9 Å². The van der Waals surface area contributed by atoms with Gasteiger partial charge in [-0.2, -0.15) is 0 Å². The molecule has 1 fully saturated rings. The summed E-state index contributed by atoms with van der Waals surface area (Å²) in [5, 5.41) is 17.5. The maximum absolute atomic E-state index is 16.0. The lowest BCUT2D eigenvalue weighted by Crippen LogP contribution is -2.65. The summed E-state index contributed by atoms with van der Waals surface area (Å²) in [5.74, 6) is -1.04. The summed E-state index contributed by atoms with van der Waals surface area (Å²) < 4.78 is 26.8. The molecule has 5 aliphatic rings. The van der Waals surface area contributed by atoms with Crippen molar-refractivity contribution in [3.8, 4) is 11.6 Å². The van der Waals surface area contributed by atoms with Gasteiger partial charge in [-0.15, -0.1) is 13.2 Å². The van der Waals surface area contributed by atoms with Gasteiger partial charge in [0.05, 0.1) is 11.6 Å². The third-order valence-corrected chi connectivity index (χ3v) is 19.5. The number of ether oxygens (including phenoxy) is 2. The maximum atomic E-state index is 16.0. The number of anilines is 1. The summed E-state index contributed by atoms with van der Waals surface area (Å²) in [4.78, 5) is 38.7. The molecule has 11 nitrogen and oxygen atoms in total. The number of likely N-dealkylation sites (tertiary alicyclic amines) is 1. The second-order valence-electron chi connectivity index (χ2n) is 20.0. The number of aliphatic hydroxyl groups is 1. The van der Waals surface area contributed by atoms with Crippen molar-refractivity contribution in [1.82, 2.24) is 15.0 Å². The normalized spacial score (nSPS) is 25.2. The SMILES string of the molecule is C=CCN(CC=C)[C@@H]1c2onc(OCc3ccccc3)c2C(=O)[C@@]2(O[Si](C)(C)C(C)(C)C)C(O)=C3C(=O)c4c(OCc5ccccc5)cc5c(c4C[C@H]3C[C@@H]12)N(C)CC1CCN(C)C51. The van der Waals surface area contributed by atoms with Crippen molar-refractivity contribution in [1.29, 1.82) is 0 Å². The Morgan fingerprint density at radius 1 is 0.969 bits per heavy atom. The van der Waals surface area contributed by atoms with Crippen molar-refractivity contribution in [2.45, 2.75) is 89.1 Å². The molecule has 3 heterocycles. The fourth-order valence-corrected chi connectivity index (χ4v) is 12.6.